The molecule has 0 spiro atoms. The number of aryl methyl sites for hydroxylation is 2. The molecule has 2 aromatic heterocycles. The van der Waals surface area contributed by atoms with Gasteiger partial charge < -0.3 is 10.2 Å². The standard InChI is InChI=1S/C22H32N6O/c1-5-28(6-2)21(29)15-27-11-7-8-18(14-27)20-10-9-19(13-23-20)26-22-24-16(3)12-17(4)25-22/h9-10,12-13,18H,5-8,11,14-15H2,1-4H3,(H,24,25,26). The number of hydrogen-bond donors (Lipinski definition) is 1. The molecule has 1 atom stereocenters. The second-order valence-corrected chi connectivity index (χ2v) is 7.71. The van der Waals surface area contributed by atoms with Gasteiger partial charge in [0.05, 0.1) is 18.4 Å². The summed E-state index contributed by atoms with van der Waals surface area (Å²) >= 11 is 0. The SMILES string of the molecule is CCN(CC)C(=O)CN1CCCC(c2ccc(Nc3nc(C)cc(C)n3)cn2)C1. The molecule has 0 aromatic carbocycles. The molecule has 1 fully saturated rings. The third kappa shape index (κ3) is 5.73. The molecule has 1 unspecified atom stereocenters. The van der Waals surface area contributed by atoms with Gasteiger partial charge >= 0.3 is 0 Å². The lowest BCUT2D eigenvalue weighted by Crippen LogP contribution is -2.43. The molecule has 1 saturated heterocycles. The van der Waals surface area contributed by atoms with Crippen molar-refractivity contribution in [3.8, 4) is 0 Å². The van der Waals surface area contributed by atoms with E-state index in [9.17, 15) is 4.79 Å². The Hall–Kier alpha value is -2.54. The van der Waals surface area contributed by atoms with E-state index in [0.29, 0.717) is 18.4 Å². The van der Waals surface area contributed by atoms with Gasteiger partial charge in [-0.2, -0.15) is 0 Å². The lowest BCUT2D eigenvalue weighted by Gasteiger charge is -2.33. The van der Waals surface area contributed by atoms with E-state index in [-0.39, 0.29) is 5.91 Å². The van der Waals surface area contributed by atoms with Gasteiger partial charge in [-0.05, 0) is 65.3 Å². The fourth-order valence-electron chi connectivity index (χ4n) is 3.94. The molecule has 1 aliphatic heterocycles. The van der Waals surface area contributed by atoms with Crippen LogP contribution in [0.4, 0.5) is 11.6 Å². The van der Waals surface area contributed by atoms with Crippen LogP contribution < -0.4 is 5.32 Å². The Morgan fingerprint density at radius 2 is 1.93 bits per heavy atom. The zero-order chi connectivity index (χ0) is 20.8. The summed E-state index contributed by atoms with van der Waals surface area (Å²) in [5, 5.41) is 3.23. The number of pyridine rings is 1. The highest BCUT2D eigenvalue weighted by Gasteiger charge is 2.24. The normalized spacial score (nSPS) is 17.2. The summed E-state index contributed by atoms with van der Waals surface area (Å²) in [5.41, 5.74) is 3.83. The van der Waals surface area contributed by atoms with Gasteiger partial charge in [-0.3, -0.25) is 14.7 Å². The predicted molar refractivity (Wildman–Crippen MR) is 115 cm³/mol. The van der Waals surface area contributed by atoms with E-state index in [2.05, 4.69) is 31.2 Å². The number of anilines is 2. The van der Waals surface area contributed by atoms with Crippen molar-refractivity contribution in [2.75, 3.05) is 38.0 Å². The number of likely N-dealkylation sites (N-methyl/N-ethyl adjacent to an activating group) is 1. The van der Waals surface area contributed by atoms with Crippen molar-refractivity contribution >= 4 is 17.5 Å². The van der Waals surface area contributed by atoms with Crippen LogP contribution in [0.2, 0.25) is 0 Å². The number of amides is 1. The highest BCUT2D eigenvalue weighted by molar-refractivity contribution is 5.78. The van der Waals surface area contributed by atoms with E-state index >= 15 is 0 Å². The lowest BCUT2D eigenvalue weighted by molar-refractivity contribution is -0.132. The molecule has 1 aliphatic rings. The summed E-state index contributed by atoms with van der Waals surface area (Å²) in [6.07, 6.45) is 4.04. The van der Waals surface area contributed by atoms with Crippen LogP contribution in [0.15, 0.2) is 24.4 Å². The third-order valence-corrected chi connectivity index (χ3v) is 5.42. The van der Waals surface area contributed by atoms with Crippen LogP contribution in [0.3, 0.4) is 0 Å². The Morgan fingerprint density at radius 3 is 2.55 bits per heavy atom. The van der Waals surface area contributed by atoms with E-state index in [1.54, 1.807) is 0 Å². The summed E-state index contributed by atoms with van der Waals surface area (Å²) in [5.74, 6) is 1.17. The zero-order valence-electron chi connectivity index (χ0n) is 18.0. The number of likely N-dealkylation sites (tertiary alicyclic amines) is 1. The fraction of sp³-hybridized carbons (Fsp3) is 0.545. The number of carbonyl (C=O) groups excluding carboxylic acids is 1. The summed E-state index contributed by atoms with van der Waals surface area (Å²) in [4.78, 5) is 30.1. The minimum atomic E-state index is 0.219. The zero-order valence-corrected chi connectivity index (χ0v) is 18.0. The van der Waals surface area contributed by atoms with Crippen molar-refractivity contribution in [3.05, 3.63) is 41.5 Å². The van der Waals surface area contributed by atoms with Crippen LogP contribution in [0, 0.1) is 13.8 Å². The minimum absolute atomic E-state index is 0.219. The van der Waals surface area contributed by atoms with Gasteiger partial charge in [0.1, 0.15) is 0 Å². The number of rotatable bonds is 7. The maximum Gasteiger partial charge on any atom is 0.236 e. The van der Waals surface area contributed by atoms with Crippen LogP contribution >= 0.6 is 0 Å². The Kier molecular flexibility index (Phi) is 7.14. The van der Waals surface area contributed by atoms with E-state index in [1.165, 1.54) is 0 Å². The smallest absolute Gasteiger partial charge is 0.236 e. The Balaban J connectivity index is 1.61. The van der Waals surface area contributed by atoms with Gasteiger partial charge in [0, 0.05) is 42.6 Å². The fourth-order valence-corrected chi connectivity index (χ4v) is 3.94. The summed E-state index contributed by atoms with van der Waals surface area (Å²) < 4.78 is 0. The summed E-state index contributed by atoms with van der Waals surface area (Å²) in [7, 11) is 0. The molecule has 7 heteroatoms. The molecular formula is C22H32N6O. The van der Waals surface area contributed by atoms with E-state index in [4.69, 9.17) is 0 Å². The van der Waals surface area contributed by atoms with E-state index in [0.717, 1.165) is 61.8 Å². The van der Waals surface area contributed by atoms with E-state index in [1.807, 2.05) is 50.9 Å². The summed E-state index contributed by atoms with van der Waals surface area (Å²) in [6.45, 7) is 11.9. The maximum absolute atomic E-state index is 12.4. The second-order valence-electron chi connectivity index (χ2n) is 7.71. The second kappa shape index (κ2) is 9.78. The molecule has 0 radical (unpaired) electrons. The van der Waals surface area contributed by atoms with Gasteiger partial charge in [-0.15, -0.1) is 0 Å². The van der Waals surface area contributed by atoms with Crippen LogP contribution in [0.5, 0.6) is 0 Å². The Labute approximate surface area is 173 Å². The Morgan fingerprint density at radius 1 is 1.21 bits per heavy atom. The van der Waals surface area contributed by atoms with Gasteiger partial charge in [0.25, 0.3) is 0 Å². The third-order valence-electron chi connectivity index (χ3n) is 5.42. The highest BCUT2D eigenvalue weighted by Crippen LogP contribution is 2.26. The van der Waals surface area contributed by atoms with Crippen molar-refractivity contribution in [2.24, 2.45) is 0 Å². The molecule has 3 heterocycles. The number of aromatic nitrogens is 3. The molecular weight excluding hydrogens is 364 g/mol. The number of piperidine rings is 1. The first kappa shape index (κ1) is 21.2. The molecule has 0 aliphatic carbocycles. The largest absolute Gasteiger partial charge is 0.342 e. The first-order chi connectivity index (χ1) is 14.0. The molecule has 7 nitrogen and oxygen atoms in total. The molecule has 1 amide bonds. The quantitative estimate of drug-likeness (QED) is 0.774. The monoisotopic (exact) mass is 396 g/mol. The number of carbonyl (C=O) groups is 1. The highest BCUT2D eigenvalue weighted by atomic mass is 16.2. The van der Waals surface area contributed by atoms with Crippen LogP contribution in [-0.2, 0) is 4.79 Å². The molecule has 1 N–H and O–H groups in total. The van der Waals surface area contributed by atoms with Crippen molar-refractivity contribution in [1.82, 2.24) is 24.8 Å². The topological polar surface area (TPSA) is 74.2 Å². The van der Waals surface area contributed by atoms with E-state index < -0.39 is 0 Å². The molecule has 156 valence electrons. The Bertz CT molecular complexity index is 798. The van der Waals surface area contributed by atoms with Crippen LogP contribution in [-0.4, -0.2) is 63.4 Å². The van der Waals surface area contributed by atoms with Crippen LogP contribution in [0.25, 0.3) is 0 Å². The van der Waals surface area contributed by atoms with Gasteiger partial charge in [0.2, 0.25) is 11.9 Å². The predicted octanol–water partition coefficient (Wildman–Crippen LogP) is 3.28. The minimum Gasteiger partial charge on any atom is -0.342 e. The molecule has 3 rings (SSSR count). The van der Waals surface area contributed by atoms with Crippen molar-refractivity contribution in [2.45, 2.75) is 46.5 Å². The van der Waals surface area contributed by atoms with Crippen molar-refractivity contribution in [3.63, 3.8) is 0 Å². The van der Waals surface area contributed by atoms with Gasteiger partial charge in [0.15, 0.2) is 0 Å². The van der Waals surface area contributed by atoms with Gasteiger partial charge in [-0.1, -0.05) is 0 Å². The number of nitrogens with zero attached hydrogens (tertiary/aromatic N) is 5. The van der Waals surface area contributed by atoms with Gasteiger partial charge in [-0.25, -0.2) is 9.97 Å². The van der Waals surface area contributed by atoms with Crippen molar-refractivity contribution < 1.29 is 4.79 Å². The first-order valence-corrected chi connectivity index (χ1v) is 10.5. The molecule has 0 bridgehead atoms. The van der Waals surface area contributed by atoms with Crippen molar-refractivity contribution in [1.29, 1.82) is 0 Å². The average Bonchev–Trinajstić information content (AvgIpc) is 2.69. The molecule has 29 heavy (non-hydrogen) atoms. The summed E-state index contributed by atoms with van der Waals surface area (Å²) in [6, 6.07) is 6.06. The lowest BCUT2D eigenvalue weighted by atomic mass is 9.94. The average molecular weight is 397 g/mol. The van der Waals surface area contributed by atoms with Crippen LogP contribution in [0.1, 0.15) is 49.7 Å². The first-order valence-electron chi connectivity index (χ1n) is 10.5. The maximum atomic E-state index is 12.4. The number of hydrogen-bond acceptors (Lipinski definition) is 6. The molecule has 2 aromatic rings. The number of nitrogens with one attached hydrogen (secondary N) is 1. The molecule has 0 saturated carbocycles.